The molecule has 0 amide bonds. The monoisotopic (exact) mass is 511 g/mol. The summed E-state index contributed by atoms with van der Waals surface area (Å²) in [7, 11) is 0. The van der Waals surface area contributed by atoms with E-state index < -0.39 is 11.7 Å². The lowest BCUT2D eigenvalue weighted by Crippen LogP contribution is -2.50. The Kier molecular flexibility index (Phi) is 7.63. The van der Waals surface area contributed by atoms with Crippen LogP contribution in [0.25, 0.3) is 0 Å². The van der Waals surface area contributed by atoms with Crippen LogP contribution in [-0.2, 0) is 16.3 Å². The maximum atomic E-state index is 13.1. The third kappa shape index (κ3) is 5.31. The molecule has 0 radical (unpaired) electrons. The molecular weight excluding hydrogens is 482 g/mol. The van der Waals surface area contributed by atoms with Crippen molar-refractivity contribution in [3.05, 3.63) is 35.4 Å². The highest BCUT2D eigenvalue weighted by molar-refractivity contribution is 14.0. The van der Waals surface area contributed by atoms with Crippen LogP contribution >= 0.6 is 24.0 Å². The van der Waals surface area contributed by atoms with Crippen LogP contribution in [0.2, 0.25) is 0 Å². The Labute approximate surface area is 181 Å². The van der Waals surface area contributed by atoms with Gasteiger partial charge < -0.3 is 15.4 Å². The molecule has 8 heteroatoms. The second-order valence-corrected chi connectivity index (χ2v) is 8.06. The first-order valence-electron chi connectivity index (χ1n) is 9.54. The number of aliphatic imine (C=N–C) groups is 1. The normalized spacial score (nSPS) is 20.4. The quantitative estimate of drug-likeness (QED) is 0.340. The largest absolute Gasteiger partial charge is 0.416 e. The molecule has 0 unspecified atom stereocenters. The molecule has 1 aromatic carbocycles. The van der Waals surface area contributed by atoms with Crippen LogP contribution in [-0.4, -0.2) is 38.8 Å². The van der Waals surface area contributed by atoms with Gasteiger partial charge in [-0.05, 0) is 31.4 Å². The predicted molar refractivity (Wildman–Crippen MR) is 115 cm³/mol. The van der Waals surface area contributed by atoms with Crippen LogP contribution in [0, 0.1) is 5.41 Å². The summed E-state index contributed by atoms with van der Waals surface area (Å²) in [5, 5.41) is 6.59. The lowest BCUT2D eigenvalue weighted by Gasteiger charge is -2.43. The maximum Gasteiger partial charge on any atom is 0.416 e. The molecule has 1 aliphatic heterocycles. The lowest BCUT2D eigenvalue weighted by molar-refractivity contribution is -0.137. The first-order chi connectivity index (χ1) is 12.8. The van der Waals surface area contributed by atoms with Crippen molar-refractivity contribution < 1.29 is 17.9 Å². The van der Waals surface area contributed by atoms with Gasteiger partial charge in [0, 0.05) is 23.9 Å². The van der Waals surface area contributed by atoms with Crippen LogP contribution in [0.1, 0.15) is 44.2 Å². The van der Waals surface area contributed by atoms with Gasteiger partial charge in [0.05, 0.1) is 25.3 Å². The lowest BCUT2D eigenvalue weighted by atomic mass is 9.64. The molecule has 1 aliphatic carbocycles. The third-order valence-electron chi connectivity index (χ3n) is 5.57. The molecule has 28 heavy (non-hydrogen) atoms. The highest BCUT2D eigenvalue weighted by Crippen LogP contribution is 2.44. The molecule has 0 spiro atoms. The van der Waals surface area contributed by atoms with Gasteiger partial charge in [-0.3, -0.25) is 4.99 Å². The van der Waals surface area contributed by atoms with Crippen molar-refractivity contribution in [2.45, 2.75) is 44.7 Å². The zero-order chi connectivity index (χ0) is 19.5. The number of benzene rings is 1. The first-order valence-corrected chi connectivity index (χ1v) is 9.54. The van der Waals surface area contributed by atoms with Gasteiger partial charge in [-0.15, -0.1) is 24.0 Å². The van der Waals surface area contributed by atoms with Crippen LogP contribution in [0.15, 0.2) is 29.3 Å². The molecule has 2 aliphatic rings. The van der Waals surface area contributed by atoms with Crippen molar-refractivity contribution in [3.8, 4) is 0 Å². The topological polar surface area (TPSA) is 45.7 Å². The molecule has 158 valence electrons. The minimum Gasteiger partial charge on any atom is -0.380 e. The van der Waals surface area contributed by atoms with E-state index in [1.807, 2.05) is 13.0 Å². The van der Waals surface area contributed by atoms with E-state index in [0.717, 1.165) is 37.4 Å². The zero-order valence-corrected chi connectivity index (χ0v) is 18.7. The molecule has 0 bridgehead atoms. The summed E-state index contributed by atoms with van der Waals surface area (Å²) in [4.78, 5) is 4.65. The van der Waals surface area contributed by atoms with E-state index in [0.29, 0.717) is 32.3 Å². The van der Waals surface area contributed by atoms with Crippen LogP contribution < -0.4 is 10.6 Å². The fourth-order valence-corrected chi connectivity index (χ4v) is 3.60. The Hall–Kier alpha value is -1.03. The SMILES string of the molecule is CCNC(=NCC1(C)COC1)NCC1(c2cccc(C(F)(F)F)c2)CCC1.I. The smallest absolute Gasteiger partial charge is 0.380 e. The minimum atomic E-state index is -4.31. The minimum absolute atomic E-state index is 0. The van der Waals surface area contributed by atoms with Crippen molar-refractivity contribution in [3.63, 3.8) is 0 Å². The number of rotatable bonds is 6. The summed E-state index contributed by atoms with van der Waals surface area (Å²) in [5.74, 6) is 0.712. The summed E-state index contributed by atoms with van der Waals surface area (Å²) in [6, 6.07) is 5.76. The first kappa shape index (κ1) is 23.3. The number of hydrogen-bond donors (Lipinski definition) is 2. The van der Waals surface area contributed by atoms with Gasteiger partial charge in [0.15, 0.2) is 5.96 Å². The number of alkyl halides is 3. The van der Waals surface area contributed by atoms with E-state index in [1.165, 1.54) is 12.1 Å². The average Bonchev–Trinajstić information content (AvgIpc) is 2.56. The summed E-state index contributed by atoms with van der Waals surface area (Å²) in [5.41, 5.74) is -0.00518. The fraction of sp³-hybridized carbons (Fsp3) is 0.650. The standard InChI is InChI=1S/C20H28F3N3O.HI/c1-3-24-17(25-11-18(2)13-27-14-18)26-12-19(8-5-9-19)15-6-4-7-16(10-15)20(21,22)23;/h4,6-7,10H,3,5,8-9,11-14H2,1-2H3,(H2,24,25,26);1H. The van der Waals surface area contributed by atoms with Crippen molar-refractivity contribution >= 4 is 29.9 Å². The van der Waals surface area contributed by atoms with Crippen LogP contribution in [0.5, 0.6) is 0 Å². The highest BCUT2D eigenvalue weighted by Gasteiger charge is 2.40. The molecule has 2 N–H and O–H groups in total. The molecular formula is C20H29F3IN3O. The van der Waals surface area contributed by atoms with Gasteiger partial charge in [-0.1, -0.05) is 31.5 Å². The van der Waals surface area contributed by atoms with E-state index in [9.17, 15) is 13.2 Å². The van der Waals surface area contributed by atoms with Crippen molar-refractivity contribution in [1.82, 2.24) is 10.6 Å². The molecule has 1 saturated heterocycles. The Balaban J connectivity index is 0.00000280. The number of halogens is 4. The number of nitrogens with one attached hydrogen (secondary N) is 2. The Bertz CT molecular complexity index is 686. The molecule has 4 nitrogen and oxygen atoms in total. The van der Waals surface area contributed by atoms with Gasteiger partial charge in [-0.2, -0.15) is 13.2 Å². The molecule has 3 rings (SSSR count). The van der Waals surface area contributed by atoms with Gasteiger partial charge >= 0.3 is 6.18 Å². The number of hydrogen-bond acceptors (Lipinski definition) is 2. The van der Waals surface area contributed by atoms with Crippen LogP contribution in [0.3, 0.4) is 0 Å². The van der Waals surface area contributed by atoms with Crippen molar-refractivity contribution in [2.24, 2.45) is 10.4 Å². The Morgan fingerprint density at radius 2 is 1.93 bits per heavy atom. The maximum absolute atomic E-state index is 13.1. The molecule has 2 fully saturated rings. The van der Waals surface area contributed by atoms with Crippen LogP contribution in [0.4, 0.5) is 13.2 Å². The third-order valence-corrected chi connectivity index (χ3v) is 5.57. The predicted octanol–water partition coefficient (Wildman–Crippen LogP) is 4.34. The van der Waals surface area contributed by atoms with E-state index in [2.05, 4.69) is 22.5 Å². The Morgan fingerprint density at radius 1 is 1.21 bits per heavy atom. The molecule has 1 saturated carbocycles. The van der Waals surface area contributed by atoms with E-state index >= 15 is 0 Å². The summed E-state index contributed by atoms with van der Waals surface area (Å²) in [6.45, 7) is 7.53. The highest BCUT2D eigenvalue weighted by atomic mass is 127. The van der Waals surface area contributed by atoms with Crippen molar-refractivity contribution in [1.29, 1.82) is 0 Å². The average molecular weight is 511 g/mol. The van der Waals surface area contributed by atoms with Gasteiger partial charge in [0.2, 0.25) is 0 Å². The molecule has 1 heterocycles. The summed E-state index contributed by atoms with van der Waals surface area (Å²) >= 11 is 0. The molecule has 1 aromatic rings. The second-order valence-electron chi connectivity index (χ2n) is 8.06. The molecule has 0 atom stereocenters. The van der Waals surface area contributed by atoms with Crippen molar-refractivity contribution in [2.75, 3.05) is 32.8 Å². The second kappa shape index (κ2) is 9.19. The van der Waals surface area contributed by atoms with E-state index in [1.54, 1.807) is 0 Å². The summed E-state index contributed by atoms with van der Waals surface area (Å²) in [6.07, 6.45) is -1.52. The number of nitrogens with zero attached hydrogens (tertiary/aromatic N) is 1. The zero-order valence-electron chi connectivity index (χ0n) is 16.4. The number of ether oxygens (including phenoxy) is 1. The molecule has 0 aromatic heterocycles. The fourth-order valence-electron chi connectivity index (χ4n) is 3.60. The van der Waals surface area contributed by atoms with Gasteiger partial charge in [0.1, 0.15) is 0 Å². The number of guanidine groups is 1. The van der Waals surface area contributed by atoms with Gasteiger partial charge in [0.25, 0.3) is 0 Å². The van der Waals surface area contributed by atoms with E-state index in [4.69, 9.17) is 4.74 Å². The summed E-state index contributed by atoms with van der Waals surface area (Å²) < 4.78 is 44.5. The Morgan fingerprint density at radius 3 is 2.43 bits per heavy atom. The van der Waals surface area contributed by atoms with Gasteiger partial charge in [-0.25, -0.2) is 0 Å². The van der Waals surface area contributed by atoms with E-state index in [-0.39, 0.29) is 34.8 Å².